The molecular weight excluding hydrogens is 304 g/mol. The predicted molar refractivity (Wildman–Crippen MR) is 86.2 cm³/mol. The quantitative estimate of drug-likeness (QED) is 0.262. The van der Waals surface area contributed by atoms with Crippen molar-refractivity contribution in [3.63, 3.8) is 0 Å². The highest BCUT2D eigenvalue weighted by Gasteiger charge is 2.46. The van der Waals surface area contributed by atoms with E-state index >= 15 is 0 Å². The molecule has 1 aromatic rings. The normalized spacial score (nSPS) is 16.9. The predicted octanol–water partition coefficient (Wildman–Crippen LogP) is 2.38. The van der Waals surface area contributed by atoms with Gasteiger partial charge in [-0.2, -0.15) is 0 Å². The third-order valence-electron chi connectivity index (χ3n) is 3.45. The maximum atomic E-state index is 11.2. The van der Waals surface area contributed by atoms with Crippen LogP contribution in [0.25, 0.3) is 0 Å². The monoisotopic (exact) mass is 320 g/mol. The number of carbonyl (C=O) groups excluding carboxylic acids is 1. The summed E-state index contributed by atoms with van der Waals surface area (Å²) in [5.41, 5.74) is 2.39. The van der Waals surface area contributed by atoms with E-state index < -0.39 is 5.91 Å². The van der Waals surface area contributed by atoms with Crippen molar-refractivity contribution in [2.75, 3.05) is 0 Å². The molecule has 0 spiro atoms. The number of nitrogens with zero attached hydrogens (tertiary/aromatic N) is 2. The molecule has 3 N–H and O–H groups in total. The molecule has 0 atom stereocenters. The van der Waals surface area contributed by atoms with Crippen LogP contribution in [0.2, 0.25) is 5.02 Å². The van der Waals surface area contributed by atoms with E-state index in [0.717, 1.165) is 18.4 Å². The molecule has 0 bridgehead atoms. The molecule has 1 amide bonds. The van der Waals surface area contributed by atoms with Crippen molar-refractivity contribution in [2.24, 2.45) is 9.98 Å². The zero-order valence-corrected chi connectivity index (χ0v) is 12.9. The highest BCUT2D eigenvalue weighted by molar-refractivity contribution is 6.31. The lowest BCUT2D eigenvalue weighted by Gasteiger charge is -2.13. The van der Waals surface area contributed by atoms with Gasteiger partial charge in [0.25, 0.3) is 5.91 Å². The van der Waals surface area contributed by atoms with Crippen molar-refractivity contribution in [3.05, 3.63) is 46.6 Å². The zero-order valence-electron chi connectivity index (χ0n) is 12.1. The zero-order chi connectivity index (χ0) is 16.2. The van der Waals surface area contributed by atoms with E-state index in [9.17, 15) is 4.79 Å². The first kappa shape index (κ1) is 16.2. The van der Waals surface area contributed by atoms with Gasteiger partial charge in [0.2, 0.25) is 5.96 Å². The molecule has 0 aromatic heterocycles. The van der Waals surface area contributed by atoms with Crippen LogP contribution in [0.4, 0.5) is 0 Å². The molecular formula is C15H17ClN4O2. The molecule has 6 nitrogen and oxygen atoms in total. The number of halogens is 1. The molecule has 0 saturated heterocycles. The minimum absolute atomic E-state index is 0.279. The minimum atomic E-state index is -0.608. The molecule has 2 rings (SSSR count). The fourth-order valence-electron chi connectivity index (χ4n) is 2.04. The Balaban J connectivity index is 2.21. The van der Waals surface area contributed by atoms with Gasteiger partial charge in [0.15, 0.2) is 0 Å². The molecule has 1 aromatic carbocycles. The van der Waals surface area contributed by atoms with Crippen molar-refractivity contribution in [3.8, 4) is 0 Å². The van der Waals surface area contributed by atoms with Crippen LogP contribution in [0.3, 0.4) is 0 Å². The Hall–Kier alpha value is -2.18. The van der Waals surface area contributed by atoms with Crippen LogP contribution >= 0.6 is 11.6 Å². The van der Waals surface area contributed by atoms with Crippen molar-refractivity contribution in [2.45, 2.75) is 25.3 Å². The smallest absolute Gasteiger partial charge is 0.271 e. The van der Waals surface area contributed by atoms with Crippen molar-refractivity contribution in [1.82, 2.24) is 10.8 Å². The summed E-state index contributed by atoms with van der Waals surface area (Å²) >= 11 is 6.23. The van der Waals surface area contributed by atoms with E-state index in [1.165, 1.54) is 6.20 Å². The summed E-state index contributed by atoms with van der Waals surface area (Å²) in [4.78, 5) is 19.6. The van der Waals surface area contributed by atoms with E-state index in [2.05, 4.69) is 22.0 Å². The standard InChI is InChI=1S/C15H17ClN4O2/c1-10(13(21)20-22)9-18-14(17-2)19-15(7-8-15)11-5-3-4-6-12(11)16/h3-6,9,22H,2,7-8H2,1H3,(H,18,19)(H,20,21)/b10-9+. The lowest BCUT2D eigenvalue weighted by Crippen LogP contribution is -2.23. The first-order valence-electron chi connectivity index (χ1n) is 6.72. The Kier molecular flexibility index (Phi) is 4.95. The SMILES string of the molecule is C=NC(=NC1(c2ccccc2Cl)CC1)N/C=C(\C)C(=O)NO. The molecule has 1 saturated carbocycles. The third kappa shape index (κ3) is 3.52. The Morgan fingerprint density at radius 2 is 2.14 bits per heavy atom. The molecule has 22 heavy (non-hydrogen) atoms. The maximum Gasteiger partial charge on any atom is 0.271 e. The van der Waals surface area contributed by atoms with Crippen LogP contribution in [-0.4, -0.2) is 23.8 Å². The fraction of sp³-hybridized carbons (Fsp3) is 0.267. The van der Waals surface area contributed by atoms with E-state index in [4.69, 9.17) is 16.8 Å². The number of nitrogens with one attached hydrogen (secondary N) is 2. The number of hydrogen-bond donors (Lipinski definition) is 3. The lowest BCUT2D eigenvalue weighted by molar-refractivity contribution is -0.125. The molecule has 1 aliphatic rings. The number of guanidine groups is 1. The molecule has 0 heterocycles. The molecule has 1 aliphatic carbocycles. The van der Waals surface area contributed by atoms with Crippen LogP contribution in [-0.2, 0) is 10.3 Å². The minimum Gasteiger partial charge on any atom is -0.331 e. The first-order valence-corrected chi connectivity index (χ1v) is 7.09. The third-order valence-corrected chi connectivity index (χ3v) is 3.78. The average molecular weight is 321 g/mol. The summed E-state index contributed by atoms with van der Waals surface area (Å²) in [6.45, 7) is 5.02. The van der Waals surface area contributed by atoms with Gasteiger partial charge in [-0.15, -0.1) is 0 Å². The van der Waals surface area contributed by atoms with E-state index in [1.807, 2.05) is 24.3 Å². The molecule has 0 unspecified atom stereocenters. The van der Waals surface area contributed by atoms with E-state index in [-0.39, 0.29) is 11.1 Å². The maximum absolute atomic E-state index is 11.2. The number of hydrogen-bond acceptors (Lipinski definition) is 3. The van der Waals surface area contributed by atoms with Crippen molar-refractivity contribution >= 4 is 30.2 Å². The van der Waals surface area contributed by atoms with E-state index in [1.54, 1.807) is 12.4 Å². The largest absolute Gasteiger partial charge is 0.331 e. The van der Waals surface area contributed by atoms with Crippen LogP contribution in [0.15, 0.2) is 46.0 Å². The van der Waals surface area contributed by atoms with Gasteiger partial charge in [0.05, 0.1) is 5.54 Å². The topological polar surface area (TPSA) is 86.1 Å². The van der Waals surface area contributed by atoms with Gasteiger partial charge in [-0.1, -0.05) is 29.8 Å². The van der Waals surface area contributed by atoms with Gasteiger partial charge in [-0.3, -0.25) is 10.0 Å². The van der Waals surface area contributed by atoms with Crippen LogP contribution in [0, 0.1) is 0 Å². The fourth-order valence-corrected chi connectivity index (χ4v) is 2.35. The Morgan fingerprint density at radius 1 is 1.45 bits per heavy atom. The molecule has 116 valence electrons. The second-order valence-electron chi connectivity index (χ2n) is 5.02. The van der Waals surface area contributed by atoms with E-state index in [0.29, 0.717) is 11.0 Å². The summed E-state index contributed by atoms with van der Waals surface area (Å²) in [6.07, 6.45) is 3.15. The van der Waals surface area contributed by atoms with Gasteiger partial charge in [-0.25, -0.2) is 15.5 Å². The van der Waals surface area contributed by atoms with Crippen LogP contribution in [0.1, 0.15) is 25.3 Å². The highest BCUT2D eigenvalue weighted by Crippen LogP contribution is 2.51. The number of benzene rings is 1. The number of rotatable bonds is 4. The van der Waals surface area contributed by atoms with Crippen LogP contribution in [0.5, 0.6) is 0 Å². The summed E-state index contributed by atoms with van der Waals surface area (Å²) < 4.78 is 0. The van der Waals surface area contributed by atoms with Crippen molar-refractivity contribution < 1.29 is 10.0 Å². The summed E-state index contributed by atoms with van der Waals surface area (Å²) in [5, 5.41) is 12.0. The van der Waals surface area contributed by atoms with Gasteiger partial charge < -0.3 is 5.32 Å². The number of aliphatic imine (C=N–C) groups is 2. The van der Waals surface area contributed by atoms with Gasteiger partial charge in [0, 0.05) is 16.8 Å². The van der Waals surface area contributed by atoms with Crippen LogP contribution < -0.4 is 10.8 Å². The number of amides is 1. The second-order valence-corrected chi connectivity index (χ2v) is 5.42. The summed E-state index contributed by atoms with van der Waals surface area (Å²) in [6, 6.07) is 7.56. The van der Waals surface area contributed by atoms with Crippen molar-refractivity contribution in [1.29, 1.82) is 0 Å². The Labute approximate surface area is 133 Å². The summed E-state index contributed by atoms with van der Waals surface area (Å²) in [5.74, 6) is -0.314. The molecule has 7 heteroatoms. The summed E-state index contributed by atoms with van der Waals surface area (Å²) in [7, 11) is 0. The lowest BCUT2D eigenvalue weighted by atomic mass is 10.1. The van der Waals surface area contributed by atoms with Gasteiger partial charge in [0.1, 0.15) is 0 Å². The average Bonchev–Trinajstić information content (AvgIpc) is 3.31. The molecule has 0 aliphatic heterocycles. The molecule has 1 fully saturated rings. The van der Waals surface area contributed by atoms with Gasteiger partial charge in [-0.05, 0) is 38.1 Å². The first-order chi connectivity index (χ1) is 10.5. The highest BCUT2D eigenvalue weighted by atomic mass is 35.5. The second kappa shape index (κ2) is 6.72. The van der Waals surface area contributed by atoms with Gasteiger partial charge >= 0.3 is 0 Å². The Bertz CT molecular complexity index is 651. The number of carbonyl (C=O) groups is 1. The Morgan fingerprint density at radius 3 is 2.68 bits per heavy atom. The molecule has 0 radical (unpaired) electrons. The number of hydroxylamine groups is 1.